The van der Waals surface area contributed by atoms with Crippen molar-refractivity contribution in [1.82, 2.24) is 10.2 Å². The Morgan fingerprint density at radius 3 is 2.69 bits per heavy atom. The summed E-state index contributed by atoms with van der Waals surface area (Å²) in [5.41, 5.74) is 5.71. The predicted octanol–water partition coefficient (Wildman–Crippen LogP) is 1.73. The number of nitrogens with two attached hydrogens (primary N) is 1. The summed E-state index contributed by atoms with van der Waals surface area (Å²) in [6, 6.07) is 8.73. The molecule has 2 saturated heterocycles. The SMILES string of the molecule is CCCCOC(=O)N1C[C@]2(C[C@H](c3ccccc3)NC2=O)C[C@H]1C(N)=O. The molecule has 1 aromatic rings. The summed E-state index contributed by atoms with van der Waals surface area (Å²) in [5.74, 6) is -0.744. The number of likely N-dealkylation sites (tertiary alicyclic amines) is 1. The quantitative estimate of drug-likeness (QED) is 0.782. The van der Waals surface area contributed by atoms with Gasteiger partial charge in [-0.3, -0.25) is 14.5 Å². The maximum Gasteiger partial charge on any atom is 0.410 e. The van der Waals surface area contributed by atoms with E-state index in [0.717, 1.165) is 18.4 Å². The molecule has 3 N–H and O–H groups in total. The minimum absolute atomic E-state index is 0.131. The van der Waals surface area contributed by atoms with Gasteiger partial charge in [-0.2, -0.15) is 0 Å². The molecule has 1 aromatic carbocycles. The van der Waals surface area contributed by atoms with Crippen LogP contribution in [0.1, 0.15) is 44.2 Å². The van der Waals surface area contributed by atoms with Gasteiger partial charge in [-0.1, -0.05) is 43.7 Å². The van der Waals surface area contributed by atoms with Gasteiger partial charge in [0.2, 0.25) is 11.8 Å². The van der Waals surface area contributed by atoms with Gasteiger partial charge >= 0.3 is 6.09 Å². The molecule has 3 amide bonds. The first kappa shape index (κ1) is 18.2. The number of primary amides is 1. The van der Waals surface area contributed by atoms with Gasteiger partial charge in [0.25, 0.3) is 0 Å². The Morgan fingerprint density at radius 1 is 1.31 bits per heavy atom. The average Bonchev–Trinajstić information content (AvgIpc) is 3.18. The normalized spacial score (nSPS) is 27.6. The molecule has 2 aliphatic heterocycles. The lowest BCUT2D eigenvalue weighted by Gasteiger charge is -2.22. The summed E-state index contributed by atoms with van der Waals surface area (Å²) in [4.78, 5) is 38.3. The maximum absolute atomic E-state index is 12.7. The molecule has 7 nitrogen and oxygen atoms in total. The van der Waals surface area contributed by atoms with Gasteiger partial charge in [0.1, 0.15) is 6.04 Å². The molecular weight excluding hydrogens is 334 g/mol. The Kier molecular flexibility index (Phi) is 5.15. The molecule has 3 atom stereocenters. The molecule has 2 fully saturated rings. The number of amides is 3. The van der Waals surface area contributed by atoms with E-state index in [1.54, 1.807) is 0 Å². The Balaban J connectivity index is 1.77. The summed E-state index contributed by atoms with van der Waals surface area (Å²) >= 11 is 0. The number of rotatable bonds is 5. The zero-order chi connectivity index (χ0) is 18.7. The van der Waals surface area contributed by atoms with E-state index in [9.17, 15) is 14.4 Å². The molecule has 0 radical (unpaired) electrons. The van der Waals surface area contributed by atoms with Crippen LogP contribution in [0.3, 0.4) is 0 Å². The first-order valence-corrected chi connectivity index (χ1v) is 9.05. The smallest absolute Gasteiger partial charge is 0.410 e. The van der Waals surface area contributed by atoms with Crippen LogP contribution < -0.4 is 11.1 Å². The van der Waals surface area contributed by atoms with Crippen molar-refractivity contribution >= 4 is 17.9 Å². The number of unbranched alkanes of at least 4 members (excludes halogenated alkanes) is 1. The largest absolute Gasteiger partial charge is 0.449 e. The van der Waals surface area contributed by atoms with E-state index in [4.69, 9.17) is 10.5 Å². The molecule has 0 aliphatic carbocycles. The molecule has 26 heavy (non-hydrogen) atoms. The summed E-state index contributed by atoms with van der Waals surface area (Å²) in [6.07, 6.45) is 1.84. The minimum atomic E-state index is -0.815. The van der Waals surface area contributed by atoms with Gasteiger partial charge in [-0.05, 0) is 24.8 Å². The van der Waals surface area contributed by atoms with E-state index in [-0.39, 0.29) is 24.9 Å². The molecule has 0 unspecified atom stereocenters. The minimum Gasteiger partial charge on any atom is -0.449 e. The van der Waals surface area contributed by atoms with E-state index in [0.29, 0.717) is 13.0 Å². The highest BCUT2D eigenvalue weighted by Gasteiger charge is 2.57. The van der Waals surface area contributed by atoms with E-state index >= 15 is 0 Å². The van der Waals surface area contributed by atoms with E-state index in [1.807, 2.05) is 37.3 Å². The molecule has 2 heterocycles. The van der Waals surface area contributed by atoms with E-state index in [1.165, 1.54) is 4.90 Å². The highest BCUT2D eigenvalue weighted by molar-refractivity contribution is 5.91. The van der Waals surface area contributed by atoms with Gasteiger partial charge in [-0.25, -0.2) is 4.79 Å². The van der Waals surface area contributed by atoms with Gasteiger partial charge in [-0.15, -0.1) is 0 Å². The monoisotopic (exact) mass is 359 g/mol. The van der Waals surface area contributed by atoms with Crippen LogP contribution in [0.4, 0.5) is 4.79 Å². The Labute approximate surface area is 152 Å². The number of carbonyl (C=O) groups is 3. The van der Waals surface area contributed by atoms with Crippen LogP contribution in [0.5, 0.6) is 0 Å². The summed E-state index contributed by atoms with van der Waals surface area (Å²) in [7, 11) is 0. The third kappa shape index (κ3) is 3.38. The number of nitrogens with one attached hydrogen (secondary N) is 1. The maximum atomic E-state index is 12.7. The first-order chi connectivity index (χ1) is 12.5. The third-order valence-electron chi connectivity index (χ3n) is 5.30. The lowest BCUT2D eigenvalue weighted by molar-refractivity contribution is -0.127. The van der Waals surface area contributed by atoms with Crippen LogP contribution in [-0.2, 0) is 14.3 Å². The standard InChI is InChI=1S/C19H25N3O4/c1-2-3-9-26-18(25)22-12-19(11-15(22)16(20)23)10-14(21-17(19)24)13-7-5-4-6-8-13/h4-8,14-15H,2-3,9-12H2,1H3,(H2,20,23)(H,21,24)/t14-,15+,19+/m1/s1. The second kappa shape index (κ2) is 7.35. The van der Waals surface area contributed by atoms with Gasteiger partial charge in [0.15, 0.2) is 0 Å². The number of ether oxygens (including phenoxy) is 1. The van der Waals surface area contributed by atoms with Gasteiger partial charge in [0, 0.05) is 6.54 Å². The van der Waals surface area contributed by atoms with Gasteiger partial charge in [0.05, 0.1) is 18.1 Å². The fourth-order valence-electron chi connectivity index (χ4n) is 3.86. The second-order valence-electron chi connectivity index (χ2n) is 7.14. The summed E-state index contributed by atoms with van der Waals surface area (Å²) < 4.78 is 5.24. The molecule has 0 bridgehead atoms. The lowest BCUT2D eigenvalue weighted by Crippen LogP contribution is -2.44. The fraction of sp³-hybridized carbons (Fsp3) is 0.526. The molecule has 7 heteroatoms. The Hall–Kier alpha value is -2.57. The van der Waals surface area contributed by atoms with Crippen LogP contribution in [0.2, 0.25) is 0 Å². The van der Waals surface area contributed by atoms with E-state index < -0.39 is 23.5 Å². The van der Waals surface area contributed by atoms with Crippen molar-refractivity contribution < 1.29 is 19.1 Å². The lowest BCUT2D eigenvalue weighted by atomic mass is 9.81. The molecule has 0 aromatic heterocycles. The number of nitrogens with zero attached hydrogens (tertiary/aromatic N) is 1. The van der Waals surface area contributed by atoms with Crippen molar-refractivity contribution in [2.45, 2.75) is 44.7 Å². The second-order valence-corrected chi connectivity index (χ2v) is 7.14. The highest BCUT2D eigenvalue weighted by atomic mass is 16.6. The van der Waals surface area contributed by atoms with Crippen molar-refractivity contribution in [2.75, 3.05) is 13.2 Å². The molecule has 140 valence electrons. The zero-order valence-corrected chi connectivity index (χ0v) is 14.9. The topological polar surface area (TPSA) is 102 Å². The molecule has 3 rings (SSSR count). The number of hydrogen-bond acceptors (Lipinski definition) is 4. The van der Waals surface area contributed by atoms with Crippen molar-refractivity contribution in [1.29, 1.82) is 0 Å². The summed E-state index contributed by atoms with van der Waals surface area (Å²) in [5, 5.41) is 3.00. The zero-order valence-electron chi connectivity index (χ0n) is 14.9. The fourth-order valence-corrected chi connectivity index (χ4v) is 3.86. The van der Waals surface area contributed by atoms with Crippen LogP contribution in [0.25, 0.3) is 0 Å². The Morgan fingerprint density at radius 2 is 2.04 bits per heavy atom. The Bertz CT molecular complexity index is 693. The molecule has 2 aliphatic rings. The van der Waals surface area contributed by atoms with E-state index in [2.05, 4.69) is 5.32 Å². The van der Waals surface area contributed by atoms with Crippen LogP contribution in [-0.4, -0.2) is 42.0 Å². The van der Waals surface area contributed by atoms with Crippen molar-refractivity contribution in [3.63, 3.8) is 0 Å². The van der Waals surface area contributed by atoms with Crippen molar-refractivity contribution in [3.05, 3.63) is 35.9 Å². The molecular formula is C19H25N3O4. The number of hydrogen-bond donors (Lipinski definition) is 2. The van der Waals surface area contributed by atoms with Crippen LogP contribution in [0, 0.1) is 5.41 Å². The average molecular weight is 359 g/mol. The van der Waals surface area contributed by atoms with Crippen LogP contribution >= 0.6 is 0 Å². The van der Waals surface area contributed by atoms with Crippen molar-refractivity contribution in [3.8, 4) is 0 Å². The van der Waals surface area contributed by atoms with Gasteiger partial charge < -0.3 is 15.8 Å². The van der Waals surface area contributed by atoms with Crippen molar-refractivity contribution in [2.24, 2.45) is 11.1 Å². The first-order valence-electron chi connectivity index (χ1n) is 9.05. The molecule has 0 saturated carbocycles. The predicted molar refractivity (Wildman–Crippen MR) is 94.9 cm³/mol. The van der Waals surface area contributed by atoms with Crippen LogP contribution in [0.15, 0.2) is 30.3 Å². The number of benzene rings is 1. The third-order valence-corrected chi connectivity index (χ3v) is 5.30. The number of carbonyl (C=O) groups excluding carboxylic acids is 3. The highest BCUT2D eigenvalue weighted by Crippen LogP contribution is 2.46. The molecule has 1 spiro atoms. The summed E-state index contributed by atoms with van der Waals surface area (Å²) in [6.45, 7) is 2.45.